The number of carboxylic acid groups (broad SMARTS) is 1. The minimum absolute atomic E-state index is 0.207. The molecule has 4 heteroatoms. The lowest BCUT2D eigenvalue weighted by molar-refractivity contribution is -0.137. The van der Waals surface area contributed by atoms with Gasteiger partial charge in [0.15, 0.2) is 0 Å². The van der Waals surface area contributed by atoms with E-state index in [0.717, 1.165) is 11.3 Å². The maximum Gasteiger partial charge on any atom is 0.303 e. The van der Waals surface area contributed by atoms with E-state index in [9.17, 15) is 4.79 Å². The maximum absolute atomic E-state index is 10.4. The van der Waals surface area contributed by atoms with Gasteiger partial charge in [-0.2, -0.15) is 0 Å². The second kappa shape index (κ2) is 8.53. The first kappa shape index (κ1) is 15.5. The summed E-state index contributed by atoms with van der Waals surface area (Å²) in [7, 11) is 0. The third-order valence-corrected chi connectivity index (χ3v) is 2.60. The fraction of sp³-hybridized carbons (Fsp3) is 0.533. The van der Waals surface area contributed by atoms with E-state index in [4.69, 9.17) is 9.84 Å². The minimum Gasteiger partial charge on any atom is -0.493 e. The SMILES string of the molecule is CC(C)COc1ccccc1CNCCCC(=O)O. The second-order valence-electron chi connectivity index (χ2n) is 4.99. The lowest BCUT2D eigenvalue weighted by Gasteiger charge is -2.13. The highest BCUT2D eigenvalue weighted by atomic mass is 16.5. The molecule has 0 spiro atoms. The van der Waals surface area contributed by atoms with Crippen LogP contribution in [0.5, 0.6) is 5.75 Å². The van der Waals surface area contributed by atoms with Gasteiger partial charge in [0.1, 0.15) is 5.75 Å². The minimum atomic E-state index is -0.748. The highest BCUT2D eigenvalue weighted by Crippen LogP contribution is 2.18. The first-order valence-corrected chi connectivity index (χ1v) is 6.73. The zero-order valence-electron chi connectivity index (χ0n) is 11.7. The van der Waals surface area contributed by atoms with Crippen molar-refractivity contribution < 1.29 is 14.6 Å². The lowest BCUT2D eigenvalue weighted by atomic mass is 10.2. The van der Waals surface area contributed by atoms with E-state index >= 15 is 0 Å². The Morgan fingerprint density at radius 2 is 2.11 bits per heavy atom. The largest absolute Gasteiger partial charge is 0.493 e. The van der Waals surface area contributed by atoms with Crippen LogP contribution in [0.1, 0.15) is 32.3 Å². The first-order valence-electron chi connectivity index (χ1n) is 6.73. The Morgan fingerprint density at radius 1 is 1.37 bits per heavy atom. The molecule has 0 aliphatic heterocycles. The van der Waals surface area contributed by atoms with Crippen molar-refractivity contribution >= 4 is 5.97 Å². The average molecular weight is 265 g/mol. The van der Waals surface area contributed by atoms with Crippen LogP contribution < -0.4 is 10.1 Å². The zero-order valence-corrected chi connectivity index (χ0v) is 11.7. The van der Waals surface area contributed by atoms with Gasteiger partial charge in [0.05, 0.1) is 6.61 Å². The van der Waals surface area contributed by atoms with E-state index in [0.29, 0.717) is 32.0 Å². The first-order chi connectivity index (χ1) is 9.09. The Kier molecular flexibility index (Phi) is 6.97. The maximum atomic E-state index is 10.4. The van der Waals surface area contributed by atoms with Crippen molar-refractivity contribution in [3.8, 4) is 5.75 Å². The van der Waals surface area contributed by atoms with E-state index in [2.05, 4.69) is 19.2 Å². The van der Waals surface area contributed by atoms with Crippen LogP contribution in [0.25, 0.3) is 0 Å². The standard InChI is InChI=1S/C15H23NO3/c1-12(2)11-19-14-7-4-3-6-13(14)10-16-9-5-8-15(17)18/h3-4,6-7,12,16H,5,8-11H2,1-2H3,(H,17,18). The van der Waals surface area contributed by atoms with E-state index in [1.165, 1.54) is 0 Å². The normalized spacial score (nSPS) is 10.7. The molecule has 0 radical (unpaired) electrons. The molecule has 0 aliphatic carbocycles. The molecule has 0 fully saturated rings. The Hall–Kier alpha value is -1.55. The van der Waals surface area contributed by atoms with Gasteiger partial charge in [-0.15, -0.1) is 0 Å². The van der Waals surface area contributed by atoms with E-state index in [1.54, 1.807) is 0 Å². The van der Waals surface area contributed by atoms with Crippen molar-refractivity contribution in [2.45, 2.75) is 33.2 Å². The van der Waals surface area contributed by atoms with E-state index < -0.39 is 5.97 Å². The number of hydrogen-bond acceptors (Lipinski definition) is 3. The van der Waals surface area contributed by atoms with Crippen LogP contribution in [0.4, 0.5) is 0 Å². The van der Waals surface area contributed by atoms with Gasteiger partial charge in [0, 0.05) is 18.5 Å². The summed E-state index contributed by atoms with van der Waals surface area (Å²) in [5.41, 5.74) is 1.11. The van der Waals surface area contributed by atoms with Crippen molar-refractivity contribution in [2.75, 3.05) is 13.2 Å². The topological polar surface area (TPSA) is 58.6 Å². The Labute approximate surface area is 114 Å². The quantitative estimate of drug-likeness (QED) is 0.674. The number of ether oxygens (including phenoxy) is 1. The van der Waals surface area contributed by atoms with Gasteiger partial charge in [-0.1, -0.05) is 32.0 Å². The smallest absolute Gasteiger partial charge is 0.303 e. The number of rotatable bonds is 9. The molecule has 0 heterocycles. The molecular weight excluding hydrogens is 242 g/mol. The molecule has 19 heavy (non-hydrogen) atoms. The molecule has 0 aromatic heterocycles. The average Bonchev–Trinajstić information content (AvgIpc) is 2.36. The molecule has 0 bridgehead atoms. The van der Waals surface area contributed by atoms with Crippen molar-refractivity contribution in [3.05, 3.63) is 29.8 Å². The molecule has 0 aliphatic rings. The van der Waals surface area contributed by atoms with Crippen LogP contribution in [-0.2, 0) is 11.3 Å². The van der Waals surface area contributed by atoms with Gasteiger partial charge < -0.3 is 15.2 Å². The number of nitrogens with one attached hydrogen (secondary N) is 1. The Balaban J connectivity index is 2.37. The third kappa shape index (κ3) is 6.82. The number of benzene rings is 1. The van der Waals surface area contributed by atoms with Gasteiger partial charge in [-0.25, -0.2) is 0 Å². The molecule has 106 valence electrons. The fourth-order valence-corrected chi connectivity index (χ4v) is 1.63. The molecule has 2 N–H and O–H groups in total. The fourth-order valence-electron chi connectivity index (χ4n) is 1.63. The summed E-state index contributed by atoms with van der Waals surface area (Å²) in [6.07, 6.45) is 0.850. The summed E-state index contributed by atoms with van der Waals surface area (Å²) in [5, 5.41) is 11.8. The summed E-state index contributed by atoms with van der Waals surface area (Å²) in [5.74, 6) is 0.654. The van der Waals surface area contributed by atoms with Gasteiger partial charge in [0.2, 0.25) is 0 Å². The predicted octanol–water partition coefficient (Wildman–Crippen LogP) is 2.68. The number of para-hydroxylation sites is 1. The highest BCUT2D eigenvalue weighted by molar-refractivity contribution is 5.66. The number of carbonyl (C=O) groups is 1. The van der Waals surface area contributed by atoms with Gasteiger partial charge in [-0.3, -0.25) is 4.79 Å². The summed E-state index contributed by atoms with van der Waals surface area (Å²) in [6, 6.07) is 7.94. The summed E-state index contributed by atoms with van der Waals surface area (Å²) >= 11 is 0. The Morgan fingerprint density at radius 3 is 2.79 bits per heavy atom. The van der Waals surface area contributed by atoms with Crippen molar-refractivity contribution in [1.82, 2.24) is 5.32 Å². The van der Waals surface area contributed by atoms with Crippen molar-refractivity contribution in [3.63, 3.8) is 0 Å². The molecule has 0 saturated heterocycles. The third-order valence-electron chi connectivity index (χ3n) is 2.60. The van der Waals surface area contributed by atoms with Gasteiger partial charge in [-0.05, 0) is 24.9 Å². The van der Waals surface area contributed by atoms with E-state index in [-0.39, 0.29) is 6.42 Å². The number of hydrogen-bond donors (Lipinski definition) is 2. The molecule has 0 atom stereocenters. The molecule has 1 aromatic rings. The molecule has 0 unspecified atom stereocenters. The van der Waals surface area contributed by atoms with Crippen LogP contribution in [0.2, 0.25) is 0 Å². The van der Waals surface area contributed by atoms with Crippen LogP contribution in [0.3, 0.4) is 0 Å². The number of aliphatic carboxylic acids is 1. The highest BCUT2D eigenvalue weighted by Gasteiger charge is 2.04. The number of carboxylic acids is 1. The van der Waals surface area contributed by atoms with Crippen LogP contribution in [0, 0.1) is 5.92 Å². The Bertz CT molecular complexity index is 391. The monoisotopic (exact) mass is 265 g/mol. The van der Waals surface area contributed by atoms with Crippen molar-refractivity contribution in [1.29, 1.82) is 0 Å². The molecule has 1 rings (SSSR count). The molecular formula is C15H23NO3. The van der Waals surface area contributed by atoms with Crippen LogP contribution in [0.15, 0.2) is 24.3 Å². The summed E-state index contributed by atoms with van der Waals surface area (Å²) in [4.78, 5) is 10.4. The van der Waals surface area contributed by atoms with E-state index in [1.807, 2.05) is 24.3 Å². The van der Waals surface area contributed by atoms with Crippen molar-refractivity contribution in [2.24, 2.45) is 5.92 Å². The molecule has 4 nitrogen and oxygen atoms in total. The summed E-state index contributed by atoms with van der Waals surface area (Å²) in [6.45, 7) is 6.34. The van der Waals surface area contributed by atoms with Crippen LogP contribution >= 0.6 is 0 Å². The molecule has 1 aromatic carbocycles. The zero-order chi connectivity index (χ0) is 14.1. The van der Waals surface area contributed by atoms with Crippen LogP contribution in [-0.4, -0.2) is 24.2 Å². The van der Waals surface area contributed by atoms with Gasteiger partial charge >= 0.3 is 5.97 Å². The molecule has 0 saturated carbocycles. The second-order valence-corrected chi connectivity index (χ2v) is 4.99. The molecule has 0 amide bonds. The summed E-state index contributed by atoms with van der Waals surface area (Å²) < 4.78 is 5.76. The van der Waals surface area contributed by atoms with Gasteiger partial charge in [0.25, 0.3) is 0 Å². The predicted molar refractivity (Wildman–Crippen MR) is 75.4 cm³/mol. The lowest BCUT2D eigenvalue weighted by Crippen LogP contribution is -2.17.